The van der Waals surface area contributed by atoms with E-state index < -0.39 is 0 Å². The fraction of sp³-hybridized carbons (Fsp3) is 0.304. The molecule has 158 valence electrons. The number of carbonyl (C=O) groups is 1. The third-order valence-electron chi connectivity index (χ3n) is 4.94. The Hall–Kier alpha value is -2.93. The summed E-state index contributed by atoms with van der Waals surface area (Å²) < 4.78 is 16.0. The van der Waals surface area contributed by atoms with Crippen LogP contribution in [0.3, 0.4) is 0 Å². The number of thioether (sulfide) groups is 1. The van der Waals surface area contributed by atoms with Crippen molar-refractivity contribution in [3.63, 3.8) is 0 Å². The number of carbonyl (C=O) groups excluding carboxylic acids is 1. The van der Waals surface area contributed by atoms with Gasteiger partial charge in [-0.2, -0.15) is 0 Å². The molecule has 0 aliphatic heterocycles. The number of aryl methyl sites for hydroxylation is 2. The smallest absolute Gasteiger partial charge is 0.252 e. The van der Waals surface area contributed by atoms with Crippen molar-refractivity contribution in [3.05, 3.63) is 70.6 Å². The van der Waals surface area contributed by atoms with Crippen LogP contribution in [0.25, 0.3) is 0 Å². The van der Waals surface area contributed by atoms with Crippen LogP contribution in [0.1, 0.15) is 45.9 Å². The number of hydrogen-bond acceptors (Lipinski definition) is 6. The highest BCUT2D eigenvalue weighted by atomic mass is 32.2. The molecule has 3 aromatic rings. The standard InChI is InChI=1S/C23H26N2O4S/c1-14(19-12-17(27-4)10-11-21(19)28-5)24-23(26)18-8-6-7-9-22(18)30-13-20-15(2)25-29-16(20)3/h6-12,14H,13H2,1-5H3,(H,24,26). The fourth-order valence-corrected chi connectivity index (χ4v) is 4.37. The second-order valence-corrected chi connectivity index (χ2v) is 7.91. The van der Waals surface area contributed by atoms with E-state index in [4.69, 9.17) is 14.0 Å². The Balaban J connectivity index is 1.78. The lowest BCUT2D eigenvalue weighted by molar-refractivity contribution is 0.0936. The first-order valence-corrected chi connectivity index (χ1v) is 10.6. The highest BCUT2D eigenvalue weighted by molar-refractivity contribution is 7.98. The molecule has 1 N–H and O–H groups in total. The largest absolute Gasteiger partial charge is 0.497 e. The summed E-state index contributed by atoms with van der Waals surface area (Å²) in [5.41, 5.74) is 3.42. The maximum atomic E-state index is 13.1. The molecule has 1 unspecified atom stereocenters. The predicted molar refractivity (Wildman–Crippen MR) is 117 cm³/mol. The Morgan fingerprint density at radius 3 is 2.60 bits per heavy atom. The van der Waals surface area contributed by atoms with Crippen LogP contribution in [0, 0.1) is 13.8 Å². The van der Waals surface area contributed by atoms with E-state index in [1.807, 2.05) is 63.2 Å². The summed E-state index contributed by atoms with van der Waals surface area (Å²) >= 11 is 1.59. The van der Waals surface area contributed by atoms with E-state index in [0.29, 0.717) is 22.8 Å². The molecule has 0 bridgehead atoms. The van der Waals surface area contributed by atoms with Gasteiger partial charge in [0.15, 0.2) is 0 Å². The zero-order valence-electron chi connectivity index (χ0n) is 17.8. The monoisotopic (exact) mass is 426 g/mol. The Kier molecular flexibility index (Phi) is 7.05. The SMILES string of the molecule is COc1ccc(OC)c(C(C)NC(=O)c2ccccc2SCc2c(C)noc2C)c1. The Bertz CT molecular complexity index is 1010. The highest BCUT2D eigenvalue weighted by Gasteiger charge is 2.19. The lowest BCUT2D eigenvalue weighted by atomic mass is 10.1. The van der Waals surface area contributed by atoms with Crippen molar-refractivity contribution >= 4 is 17.7 Å². The fourth-order valence-electron chi connectivity index (χ4n) is 3.17. The molecule has 0 fully saturated rings. The number of nitrogens with one attached hydrogen (secondary N) is 1. The maximum Gasteiger partial charge on any atom is 0.252 e. The number of methoxy groups -OCH3 is 2. The number of hydrogen-bond donors (Lipinski definition) is 1. The van der Waals surface area contributed by atoms with Crippen LogP contribution in [0.4, 0.5) is 0 Å². The van der Waals surface area contributed by atoms with Gasteiger partial charge in [-0.05, 0) is 51.1 Å². The van der Waals surface area contributed by atoms with Crippen molar-refractivity contribution in [1.82, 2.24) is 10.5 Å². The molecule has 0 radical (unpaired) electrons. The van der Waals surface area contributed by atoms with Crippen molar-refractivity contribution in [2.75, 3.05) is 14.2 Å². The quantitative estimate of drug-likeness (QED) is 0.506. The molecule has 1 aromatic heterocycles. The summed E-state index contributed by atoms with van der Waals surface area (Å²) in [6.07, 6.45) is 0. The van der Waals surface area contributed by atoms with Gasteiger partial charge in [0, 0.05) is 21.8 Å². The lowest BCUT2D eigenvalue weighted by Crippen LogP contribution is -2.27. The van der Waals surface area contributed by atoms with Gasteiger partial charge >= 0.3 is 0 Å². The van der Waals surface area contributed by atoms with Gasteiger partial charge in [0.2, 0.25) is 0 Å². The van der Waals surface area contributed by atoms with Gasteiger partial charge in [-0.3, -0.25) is 4.79 Å². The second kappa shape index (κ2) is 9.71. The molecule has 2 aromatic carbocycles. The van der Waals surface area contributed by atoms with Crippen LogP contribution >= 0.6 is 11.8 Å². The molecular weight excluding hydrogens is 400 g/mol. The highest BCUT2D eigenvalue weighted by Crippen LogP contribution is 2.31. The van der Waals surface area contributed by atoms with Gasteiger partial charge < -0.3 is 19.3 Å². The van der Waals surface area contributed by atoms with Gasteiger partial charge in [0.1, 0.15) is 17.3 Å². The molecule has 7 heteroatoms. The van der Waals surface area contributed by atoms with Crippen LogP contribution < -0.4 is 14.8 Å². The third kappa shape index (κ3) is 4.79. The van der Waals surface area contributed by atoms with Crippen molar-refractivity contribution in [3.8, 4) is 11.5 Å². The lowest BCUT2D eigenvalue weighted by Gasteiger charge is -2.19. The summed E-state index contributed by atoms with van der Waals surface area (Å²) in [4.78, 5) is 14.0. The molecule has 0 saturated carbocycles. The summed E-state index contributed by atoms with van der Waals surface area (Å²) in [5.74, 6) is 2.76. The Labute approximate surface area is 180 Å². The van der Waals surface area contributed by atoms with Gasteiger partial charge in [-0.15, -0.1) is 11.8 Å². The molecule has 6 nitrogen and oxygen atoms in total. The van der Waals surface area contributed by atoms with Crippen LogP contribution in [-0.4, -0.2) is 25.3 Å². The average molecular weight is 427 g/mol. The molecule has 1 amide bonds. The number of aromatic nitrogens is 1. The van der Waals surface area contributed by atoms with Gasteiger partial charge in [0.05, 0.1) is 31.5 Å². The number of amides is 1. The third-order valence-corrected chi connectivity index (χ3v) is 6.04. The molecule has 30 heavy (non-hydrogen) atoms. The van der Waals surface area contributed by atoms with Crippen LogP contribution in [0.2, 0.25) is 0 Å². The molecule has 0 spiro atoms. The predicted octanol–water partition coefficient (Wildman–Crippen LogP) is 5.09. The van der Waals surface area contributed by atoms with Crippen molar-refractivity contribution in [1.29, 1.82) is 0 Å². The molecule has 0 aliphatic carbocycles. The molecule has 0 aliphatic rings. The summed E-state index contributed by atoms with van der Waals surface area (Å²) in [7, 11) is 3.22. The molecule has 1 atom stereocenters. The van der Waals surface area contributed by atoms with Crippen LogP contribution in [-0.2, 0) is 5.75 Å². The normalized spacial score (nSPS) is 11.8. The van der Waals surface area contributed by atoms with E-state index in [1.54, 1.807) is 26.0 Å². The number of benzene rings is 2. The van der Waals surface area contributed by atoms with Crippen LogP contribution in [0.15, 0.2) is 51.9 Å². The first kappa shape index (κ1) is 21.8. The van der Waals surface area contributed by atoms with Crippen molar-refractivity contribution in [2.45, 2.75) is 37.5 Å². The molecule has 0 saturated heterocycles. The zero-order chi connectivity index (χ0) is 21.7. The summed E-state index contributed by atoms with van der Waals surface area (Å²) in [6.45, 7) is 5.75. The molecule has 3 rings (SSSR count). The van der Waals surface area contributed by atoms with Crippen molar-refractivity contribution in [2.24, 2.45) is 0 Å². The van der Waals surface area contributed by atoms with E-state index in [1.165, 1.54) is 0 Å². The summed E-state index contributed by atoms with van der Waals surface area (Å²) in [5, 5.41) is 7.08. The number of nitrogens with zero attached hydrogens (tertiary/aromatic N) is 1. The minimum Gasteiger partial charge on any atom is -0.497 e. The summed E-state index contributed by atoms with van der Waals surface area (Å²) in [6, 6.07) is 12.9. The van der Waals surface area contributed by atoms with Gasteiger partial charge in [-0.25, -0.2) is 0 Å². The zero-order valence-corrected chi connectivity index (χ0v) is 18.6. The first-order valence-electron chi connectivity index (χ1n) is 9.61. The number of rotatable bonds is 8. The number of ether oxygens (including phenoxy) is 2. The van der Waals surface area contributed by atoms with Crippen molar-refractivity contribution < 1.29 is 18.8 Å². The van der Waals surface area contributed by atoms with Gasteiger partial charge in [0.25, 0.3) is 5.91 Å². The maximum absolute atomic E-state index is 13.1. The van der Waals surface area contributed by atoms with E-state index >= 15 is 0 Å². The average Bonchev–Trinajstić information content (AvgIpc) is 3.09. The molecule has 1 heterocycles. The minimum atomic E-state index is -0.261. The Morgan fingerprint density at radius 2 is 1.93 bits per heavy atom. The Morgan fingerprint density at radius 1 is 1.17 bits per heavy atom. The molecular formula is C23H26N2O4S. The van der Waals surface area contributed by atoms with E-state index in [2.05, 4.69) is 10.5 Å². The van der Waals surface area contributed by atoms with E-state index in [-0.39, 0.29) is 11.9 Å². The second-order valence-electron chi connectivity index (χ2n) is 6.89. The first-order chi connectivity index (χ1) is 14.4. The van der Waals surface area contributed by atoms with Crippen LogP contribution in [0.5, 0.6) is 11.5 Å². The minimum absolute atomic E-state index is 0.144. The van der Waals surface area contributed by atoms with E-state index in [0.717, 1.165) is 27.5 Å². The topological polar surface area (TPSA) is 73.6 Å². The van der Waals surface area contributed by atoms with Gasteiger partial charge in [-0.1, -0.05) is 17.3 Å². The van der Waals surface area contributed by atoms with E-state index in [9.17, 15) is 4.79 Å².